The van der Waals surface area contributed by atoms with E-state index in [9.17, 15) is 9.59 Å². The Kier molecular flexibility index (Phi) is 15.5. The maximum atomic E-state index is 15.1. The van der Waals surface area contributed by atoms with Gasteiger partial charge in [-0.1, -0.05) is 39.8 Å². The Bertz CT molecular complexity index is 2770. The highest BCUT2D eigenvalue weighted by Crippen LogP contribution is 2.45. The summed E-state index contributed by atoms with van der Waals surface area (Å²) >= 11 is 0. The quantitative estimate of drug-likeness (QED) is 0.216. The Hall–Kier alpha value is -4.53. The highest BCUT2D eigenvalue weighted by Gasteiger charge is 2.55. The van der Waals surface area contributed by atoms with E-state index in [1.54, 1.807) is 12.1 Å². The molecule has 430 valence electrons. The van der Waals surface area contributed by atoms with Crippen molar-refractivity contribution in [3.63, 3.8) is 0 Å². The lowest BCUT2D eigenvalue weighted by atomic mass is 9.83. The predicted molar refractivity (Wildman–Crippen MR) is 305 cm³/mol. The summed E-state index contributed by atoms with van der Waals surface area (Å²) in [6.07, 6.45) is 12.0. The molecule has 1 saturated carbocycles. The molecule has 12 rings (SSSR count). The number of nitrogens with one attached hydrogen (secondary N) is 3. The molecule has 6 bridgehead atoms. The van der Waals surface area contributed by atoms with Crippen molar-refractivity contribution < 1.29 is 33.4 Å². The molecule has 1 unspecified atom stereocenters. The molecule has 10 atom stereocenters. The Morgan fingerprint density at radius 2 is 1.80 bits per heavy atom. The average molecular weight is 1090 g/mol. The van der Waals surface area contributed by atoms with Crippen LogP contribution in [0.15, 0.2) is 35.0 Å². The summed E-state index contributed by atoms with van der Waals surface area (Å²) in [7, 11) is 1.77. The number of carbonyl (C=O) groups is 4. The second kappa shape index (κ2) is 22.3. The second-order valence-corrected chi connectivity index (χ2v) is 26.4. The molecule has 1 aromatic heterocycles. The van der Waals surface area contributed by atoms with Crippen molar-refractivity contribution in [3.05, 3.63) is 46.8 Å². The van der Waals surface area contributed by atoms with E-state index in [4.69, 9.17) is 19.2 Å². The van der Waals surface area contributed by atoms with Crippen LogP contribution < -0.4 is 16.1 Å². The molecule has 1 aliphatic carbocycles. The molecule has 1 spiro atoms. The number of aliphatic imine (C=N–C) groups is 1. The Morgan fingerprint density at radius 1 is 0.975 bits per heavy atom. The van der Waals surface area contributed by atoms with Gasteiger partial charge in [-0.25, -0.2) is 5.43 Å². The zero-order valence-electron chi connectivity index (χ0n) is 48.3. The largest absolute Gasteiger partial charge is 0.464 e. The highest BCUT2D eigenvalue weighted by atomic mass is 16.5. The van der Waals surface area contributed by atoms with E-state index in [-0.39, 0.29) is 59.8 Å². The standard InChI is InChI=1S/C61H89N11O7/c1-8-71-50-16-15-41-27-45(50)47(55(71)46-28-43(30-62-51(46)39(4)77-7)68-24-23-67-25-26-78-34-44(67)32-68)29-60(5,6)37-79-59(76)48-12-10-20-72(65-48)57(74)49(33-66-19-9-11-42(41)31-66)63-56(73)54(38(2)3)69-21-17-61(35-69)18-22-70(36-61)58(75)53-52(64-53)40-13-14-40/h11,15-16,27,30,38-40,43-44,48-49,52-54,64-65H,8-10,12-14,17-26,28-29,31-37H2,1-7H3,(H,63,73)/t39-,43+,44-,48-,49-,52+,53+,54-,61-/m0/s1. The van der Waals surface area contributed by atoms with Gasteiger partial charge in [0.1, 0.15) is 18.1 Å². The number of rotatable bonds is 11. The first-order valence-electron chi connectivity index (χ1n) is 30.4. The average Bonchev–Trinajstić information content (AvgIpc) is 4.54. The maximum Gasteiger partial charge on any atom is 0.324 e. The van der Waals surface area contributed by atoms with Gasteiger partial charge >= 0.3 is 5.97 Å². The third-order valence-corrected chi connectivity index (χ3v) is 19.7. The van der Waals surface area contributed by atoms with Gasteiger partial charge in [0.25, 0.3) is 5.91 Å². The van der Waals surface area contributed by atoms with E-state index < -0.39 is 23.5 Å². The number of methoxy groups -OCH3 is 1. The summed E-state index contributed by atoms with van der Waals surface area (Å²) < 4.78 is 20.9. The molecule has 1 aromatic carbocycles. The minimum Gasteiger partial charge on any atom is -0.464 e. The molecule has 10 aliphatic rings. The van der Waals surface area contributed by atoms with E-state index in [1.807, 2.05) is 0 Å². The number of carbonyl (C=O) groups excluding carboxylic acids is 4. The van der Waals surface area contributed by atoms with Crippen LogP contribution in [0.3, 0.4) is 0 Å². The highest BCUT2D eigenvalue weighted by molar-refractivity contribution is 5.95. The Labute approximate surface area is 467 Å². The number of amides is 3. The molecular weight excluding hydrogens is 999 g/mol. The van der Waals surface area contributed by atoms with Crippen molar-refractivity contribution >= 4 is 52.0 Å². The monoisotopic (exact) mass is 1090 g/mol. The van der Waals surface area contributed by atoms with E-state index >= 15 is 9.59 Å². The third-order valence-electron chi connectivity index (χ3n) is 19.7. The van der Waals surface area contributed by atoms with E-state index in [2.05, 4.69) is 117 Å². The molecule has 79 heavy (non-hydrogen) atoms. The summed E-state index contributed by atoms with van der Waals surface area (Å²) in [6, 6.07) is 5.69. The lowest BCUT2D eigenvalue weighted by molar-refractivity contribution is -0.155. The van der Waals surface area contributed by atoms with Crippen molar-refractivity contribution in [2.45, 2.75) is 154 Å². The van der Waals surface area contributed by atoms with Crippen LogP contribution in [0.1, 0.15) is 110 Å². The molecule has 3 amide bonds. The van der Waals surface area contributed by atoms with Gasteiger partial charge in [0.05, 0.1) is 43.4 Å². The summed E-state index contributed by atoms with van der Waals surface area (Å²) in [5.74, 6) is 0.106. The second-order valence-electron chi connectivity index (χ2n) is 26.4. The first kappa shape index (κ1) is 55.0. The number of ether oxygens (including phenoxy) is 3. The van der Waals surface area contributed by atoms with Crippen LogP contribution >= 0.6 is 0 Å². The number of likely N-dealkylation sites (tertiary alicyclic amines) is 2. The molecule has 3 N–H and O–H groups in total. The van der Waals surface area contributed by atoms with Gasteiger partial charge in [-0.2, -0.15) is 0 Å². The van der Waals surface area contributed by atoms with Crippen LogP contribution in [0.5, 0.6) is 0 Å². The molecule has 10 heterocycles. The third kappa shape index (κ3) is 11.1. The van der Waals surface area contributed by atoms with Crippen molar-refractivity contribution in [3.8, 4) is 0 Å². The minimum absolute atomic E-state index is 0.0195. The maximum absolute atomic E-state index is 15.1. The summed E-state index contributed by atoms with van der Waals surface area (Å²) in [5, 5.41) is 9.56. The molecule has 6 saturated heterocycles. The first-order chi connectivity index (χ1) is 38.1. The van der Waals surface area contributed by atoms with Crippen molar-refractivity contribution in [1.29, 1.82) is 0 Å². The fourth-order valence-corrected chi connectivity index (χ4v) is 15.1. The molecular formula is C61H89N11O7. The van der Waals surface area contributed by atoms with Gasteiger partial charge in [-0.3, -0.25) is 54.1 Å². The Morgan fingerprint density at radius 3 is 2.59 bits per heavy atom. The van der Waals surface area contributed by atoms with Crippen LogP contribution in [0.2, 0.25) is 0 Å². The molecule has 18 heteroatoms. The number of aryl methyl sites for hydroxylation is 1. The van der Waals surface area contributed by atoms with Gasteiger partial charge in [0.15, 0.2) is 0 Å². The van der Waals surface area contributed by atoms with Crippen LogP contribution in [0.25, 0.3) is 22.0 Å². The number of morpholine rings is 1. The van der Waals surface area contributed by atoms with Crippen LogP contribution in [-0.4, -0.2) is 218 Å². The fraction of sp³-hybridized carbons (Fsp3) is 0.721. The van der Waals surface area contributed by atoms with Gasteiger partial charge in [0.2, 0.25) is 11.8 Å². The number of hydrazine groups is 1. The van der Waals surface area contributed by atoms with Crippen molar-refractivity contribution in [1.82, 2.24) is 50.1 Å². The molecule has 9 aliphatic heterocycles. The number of hydrogen-bond donors (Lipinski definition) is 3. The molecule has 18 nitrogen and oxygen atoms in total. The number of cyclic esters (lactones) is 1. The SMILES string of the molecule is CCn1c(C2=C([C@H](C)OC)N=C[C@H](N3CCN4CCOC[C@@H]4C3)C2)c2c3cc(ccc31)C1=CCCN(C1)C[C@H](NC(=O)[C@H](C(C)C)N1CC[C@]3(CCN(C(=O)[C@@H]4N[C@@H]4C4CC4)C3)C1)C(=O)N1CCC[C@H](N1)C(=O)OCC(C)(C)C2. The van der Waals surface area contributed by atoms with Crippen LogP contribution in [0.4, 0.5) is 0 Å². The van der Waals surface area contributed by atoms with Crippen LogP contribution in [-0.2, 0) is 46.4 Å². The lowest BCUT2D eigenvalue weighted by Gasteiger charge is -2.46. The number of esters is 1. The van der Waals surface area contributed by atoms with Crippen molar-refractivity contribution in [2.24, 2.45) is 27.7 Å². The minimum atomic E-state index is -0.871. The topological polar surface area (TPSA) is 179 Å². The number of benzene rings is 1. The molecule has 7 fully saturated rings. The fourth-order valence-electron chi connectivity index (χ4n) is 15.1. The van der Waals surface area contributed by atoms with E-state index in [0.717, 1.165) is 121 Å². The number of piperazine rings is 1. The summed E-state index contributed by atoms with van der Waals surface area (Å²) in [4.78, 5) is 75.1. The van der Waals surface area contributed by atoms with E-state index in [1.165, 1.54) is 40.6 Å². The van der Waals surface area contributed by atoms with Gasteiger partial charge in [-0.15, -0.1) is 0 Å². The zero-order chi connectivity index (χ0) is 54.9. The lowest BCUT2D eigenvalue weighted by Crippen LogP contribution is -2.63. The predicted octanol–water partition coefficient (Wildman–Crippen LogP) is 4.16. The van der Waals surface area contributed by atoms with Gasteiger partial charge < -0.3 is 29.0 Å². The number of hydrogen-bond acceptors (Lipinski definition) is 14. The summed E-state index contributed by atoms with van der Waals surface area (Å²) in [5.41, 5.74) is 10.8. The summed E-state index contributed by atoms with van der Waals surface area (Å²) in [6.45, 7) is 24.4. The normalized spacial score (nSPS) is 32.8. The van der Waals surface area contributed by atoms with Gasteiger partial charge in [-0.05, 0) is 119 Å². The Balaban J connectivity index is 0.839. The molecule has 2 aromatic rings. The smallest absolute Gasteiger partial charge is 0.324 e. The molecule has 0 radical (unpaired) electrons. The van der Waals surface area contributed by atoms with Crippen LogP contribution in [0, 0.1) is 22.7 Å². The van der Waals surface area contributed by atoms with Crippen molar-refractivity contribution in [2.75, 3.05) is 105 Å². The number of aromatic nitrogens is 1. The number of nitrogens with zero attached hydrogens (tertiary/aromatic N) is 8. The first-order valence-corrected chi connectivity index (χ1v) is 30.4. The van der Waals surface area contributed by atoms with E-state index in [0.29, 0.717) is 56.9 Å². The number of fused-ring (bicyclic) bond motifs is 7. The zero-order valence-corrected chi connectivity index (χ0v) is 48.3. The van der Waals surface area contributed by atoms with Gasteiger partial charge in [0, 0.05) is 137 Å².